The van der Waals surface area contributed by atoms with E-state index < -0.39 is 5.97 Å². The summed E-state index contributed by atoms with van der Waals surface area (Å²) in [5, 5.41) is 12.4. The second-order valence-corrected chi connectivity index (χ2v) is 6.20. The number of carbonyl (C=O) groups is 1. The number of rotatable bonds is 7. The number of carboxylic acids is 1. The summed E-state index contributed by atoms with van der Waals surface area (Å²) >= 11 is 0. The highest BCUT2D eigenvalue weighted by molar-refractivity contribution is 5.95. The maximum absolute atomic E-state index is 11.4. The fraction of sp³-hybridized carbons (Fsp3) is 0.200. The molecule has 0 aliphatic carbocycles. The summed E-state index contributed by atoms with van der Waals surface area (Å²) in [7, 11) is 1.94. The third-order valence-electron chi connectivity index (χ3n) is 4.09. The Morgan fingerprint density at radius 3 is 2.63 bits per heavy atom. The van der Waals surface area contributed by atoms with E-state index in [1.165, 1.54) is 5.56 Å². The Hall–Kier alpha value is -3.48. The van der Waals surface area contributed by atoms with E-state index in [1.54, 1.807) is 42.7 Å². The Morgan fingerprint density at radius 1 is 1.15 bits per heavy atom. The zero-order valence-corrected chi connectivity index (χ0v) is 15.3. The van der Waals surface area contributed by atoms with E-state index >= 15 is 0 Å². The predicted molar refractivity (Wildman–Crippen MR) is 105 cm³/mol. The summed E-state index contributed by atoms with van der Waals surface area (Å²) in [6.45, 7) is 2.63. The standard InChI is InChI=1S/C20H21N5O2/c1-14-13-18(23-17-6-4-3-5-16(17)19(26)27)24-20(22-14)25(2)12-9-15-7-10-21-11-8-15/h3-8,10-11,13H,9,12H2,1-2H3,(H,26,27)(H,22,23,24). The molecule has 3 aromatic rings. The minimum Gasteiger partial charge on any atom is -0.478 e. The van der Waals surface area contributed by atoms with Crippen molar-refractivity contribution in [3.05, 3.63) is 71.7 Å². The van der Waals surface area contributed by atoms with Crippen LogP contribution in [-0.2, 0) is 6.42 Å². The van der Waals surface area contributed by atoms with E-state index in [4.69, 9.17) is 0 Å². The first kappa shape index (κ1) is 18.3. The summed E-state index contributed by atoms with van der Waals surface area (Å²) in [4.78, 5) is 26.4. The van der Waals surface area contributed by atoms with Gasteiger partial charge < -0.3 is 15.3 Å². The van der Waals surface area contributed by atoms with Gasteiger partial charge in [0.15, 0.2) is 0 Å². The summed E-state index contributed by atoms with van der Waals surface area (Å²) in [6, 6.07) is 12.5. The SMILES string of the molecule is Cc1cc(Nc2ccccc2C(=O)O)nc(N(C)CCc2ccncc2)n1. The second-order valence-electron chi connectivity index (χ2n) is 6.20. The molecule has 0 atom stereocenters. The fourth-order valence-electron chi connectivity index (χ4n) is 2.65. The molecule has 0 unspecified atom stereocenters. The summed E-state index contributed by atoms with van der Waals surface area (Å²) in [5.74, 6) is 0.153. The molecular formula is C20H21N5O2. The summed E-state index contributed by atoms with van der Waals surface area (Å²) in [5.41, 5.74) is 2.68. The molecule has 0 amide bonds. The molecule has 0 aliphatic rings. The van der Waals surface area contributed by atoms with Crippen LogP contribution >= 0.6 is 0 Å². The maximum atomic E-state index is 11.4. The third kappa shape index (κ3) is 4.78. The highest BCUT2D eigenvalue weighted by atomic mass is 16.4. The van der Waals surface area contributed by atoms with Crippen molar-refractivity contribution >= 4 is 23.4 Å². The molecule has 0 bridgehead atoms. The molecule has 0 saturated carbocycles. The number of hydrogen-bond donors (Lipinski definition) is 2. The third-order valence-corrected chi connectivity index (χ3v) is 4.09. The van der Waals surface area contributed by atoms with Crippen molar-refractivity contribution in [2.75, 3.05) is 23.8 Å². The van der Waals surface area contributed by atoms with E-state index in [-0.39, 0.29) is 5.56 Å². The maximum Gasteiger partial charge on any atom is 0.337 e. The van der Waals surface area contributed by atoms with E-state index in [2.05, 4.69) is 20.3 Å². The van der Waals surface area contributed by atoms with Gasteiger partial charge in [0.1, 0.15) is 5.82 Å². The normalized spacial score (nSPS) is 10.4. The van der Waals surface area contributed by atoms with Gasteiger partial charge >= 0.3 is 5.97 Å². The molecule has 2 heterocycles. The van der Waals surface area contributed by atoms with Gasteiger partial charge in [-0.15, -0.1) is 0 Å². The zero-order chi connectivity index (χ0) is 19.2. The van der Waals surface area contributed by atoms with Gasteiger partial charge in [-0.1, -0.05) is 12.1 Å². The number of para-hydroxylation sites is 1. The minimum absolute atomic E-state index is 0.196. The Bertz CT molecular complexity index is 931. The Labute approximate surface area is 157 Å². The van der Waals surface area contributed by atoms with E-state index in [9.17, 15) is 9.90 Å². The molecule has 1 aromatic carbocycles. The van der Waals surface area contributed by atoms with Crippen LogP contribution in [-0.4, -0.2) is 39.6 Å². The molecule has 7 nitrogen and oxygen atoms in total. The van der Waals surface area contributed by atoms with Gasteiger partial charge in [0.2, 0.25) is 5.95 Å². The number of carboxylic acid groups (broad SMARTS) is 1. The fourth-order valence-corrected chi connectivity index (χ4v) is 2.65. The molecule has 3 rings (SSSR count). The van der Waals surface area contributed by atoms with Gasteiger partial charge in [0.05, 0.1) is 11.3 Å². The van der Waals surface area contributed by atoms with Crippen LogP contribution in [0, 0.1) is 6.92 Å². The zero-order valence-electron chi connectivity index (χ0n) is 15.3. The topological polar surface area (TPSA) is 91.2 Å². The summed E-state index contributed by atoms with van der Waals surface area (Å²) in [6.07, 6.45) is 4.40. The number of likely N-dealkylation sites (N-methyl/N-ethyl adjacent to an activating group) is 1. The van der Waals surface area contributed by atoms with Gasteiger partial charge in [-0.25, -0.2) is 9.78 Å². The largest absolute Gasteiger partial charge is 0.478 e. The number of pyridine rings is 1. The van der Waals surface area contributed by atoms with E-state index in [0.29, 0.717) is 17.5 Å². The molecule has 2 aromatic heterocycles. The Balaban J connectivity index is 1.77. The molecule has 0 aliphatic heterocycles. The van der Waals surface area contributed by atoms with Crippen LogP contribution in [0.25, 0.3) is 0 Å². The van der Waals surface area contributed by atoms with Crippen molar-refractivity contribution in [2.24, 2.45) is 0 Å². The average molecular weight is 363 g/mol. The van der Waals surface area contributed by atoms with E-state index in [0.717, 1.165) is 18.7 Å². The Morgan fingerprint density at radius 2 is 1.89 bits per heavy atom. The number of aryl methyl sites for hydroxylation is 1. The number of nitrogens with zero attached hydrogens (tertiary/aromatic N) is 4. The molecule has 7 heteroatoms. The van der Waals surface area contributed by atoms with Crippen LogP contribution in [0.1, 0.15) is 21.6 Å². The van der Waals surface area contributed by atoms with Gasteiger partial charge in [0, 0.05) is 37.7 Å². The van der Waals surface area contributed by atoms with Crippen molar-refractivity contribution in [3.8, 4) is 0 Å². The van der Waals surface area contributed by atoms with Crippen LogP contribution in [0.4, 0.5) is 17.5 Å². The second kappa shape index (κ2) is 8.27. The smallest absolute Gasteiger partial charge is 0.337 e. The van der Waals surface area contributed by atoms with Crippen LogP contribution in [0.15, 0.2) is 54.9 Å². The van der Waals surface area contributed by atoms with Gasteiger partial charge in [-0.2, -0.15) is 4.98 Å². The molecule has 0 radical (unpaired) electrons. The number of aromatic carboxylic acids is 1. The van der Waals surface area contributed by atoms with Crippen LogP contribution in [0.2, 0.25) is 0 Å². The van der Waals surface area contributed by atoms with Crippen molar-refractivity contribution in [1.82, 2.24) is 15.0 Å². The van der Waals surface area contributed by atoms with E-state index in [1.807, 2.05) is 31.0 Å². The first-order chi connectivity index (χ1) is 13.0. The lowest BCUT2D eigenvalue weighted by Crippen LogP contribution is -2.23. The number of aromatic nitrogens is 3. The van der Waals surface area contributed by atoms with Gasteiger partial charge in [-0.05, 0) is 43.2 Å². The first-order valence-electron chi connectivity index (χ1n) is 8.58. The van der Waals surface area contributed by atoms with Gasteiger partial charge in [-0.3, -0.25) is 4.98 Å². The molecule has 0 saturated heterocycles. The number of hydrogen-bond acceptors (Lipinski definition) is 6. The van der Waals surface area contributed by atoms with Gasteiger partial charge in [0.25, 0.3) is 0 Å². The lowest BCUT2D eigenvalue weighted by Gasteiger charge is -2.19. The van der Waals surface area contributed by atoms with Crippen LogP contribution < -0.4 is 10.2 Å². The highest BCUT2D eigenvalue weighted by Gasteiger charge is 2.12. The van der Waals surface area contributed by atoms with Crippen molar-refractivity contribution < 1.29 is 9.90 Å². The number of benzene rings is 1. The average Bonchev–Trinajstić information content (AvgIpc) is 2.66. The molecular weight excluding hydrogens is 342 g/mol. The highest BCUT2D eigenvalue weighted by Crippen LogP contribution is 2.21. The molecule has 0 fully saturated rings. The lowest BCUT2D eigenvalue weighted by molar-refractivity contribution is 0.0698. The van der Waals surface area contributed by atoms with Crippen LogP contribution in [0.5, 0.6) is 0 Å². The van der Waals surface area contributed by atoms with Crippen molar-refractivity contribution in [1.29, 1.82) is 0 Å². The molecule has 27 heavy (non-hydrogen) atoms. The summed E-state index contributed by atoms with van der Waals surface area (Å²) < 4.78 is 0. The quantitative estimate of drug-likeness (QED) is 0.665. The first-order valence-corrected chi connectivity index (χ1v) is 8.58. The minimum atomic E-state index is -0.987. The van der Waals surface area contributed by atoms with Crippen molar-refractivity contribution in [3.63, 3.8) is 0 Å². The van der Waals surface area contributed by atoms with Crippen LogP contribution in [0.3, 0.4) is 0 Å². The molecule has 138 valence electrons. The predicted octanol–water partition coefficient (Wildman–Crippen LogP) is 3.30. The Kier molecular flexibility index (Phi) is 5.61. The van der Waals surface area contributed by atoms with Crippen molar-refractivity contribution in [2.45, 2.75) is 13.3 Å². The number of anilines is 3. The lowest BCUT2D eigenvalue weighted by atomic mass is 10.2. The molecule has 2 N–H and O–H groups in total. The molecule has 0 spiro atoms. The monoisotopic (exact) mass is 363 g/mol. The number of nitrogens with one attached hydrogen (secondary N) is 1.